The normalized spacial score (nSPS) is 16.2. The molecule has 0 amide bonds. The van der Waals surface area contributed by atoms with Crippen LogP contribution in [-0.4, -0.2) is 7.11 Å². The van der Waals surface area contributed by atoms with Gasteiger partial charge in [0.1, 0.15) is 5.75 Å². The van der Waals surface area contributed by atoms with Gasteiger partial charge in [-0.15, -0.1) is 0 Å². The van der Waals surface area contributed by atoms with Gasteiger partial charge < -0.3 is 4.74 Å². The number of nitrogens with one attached hydrogen (secondary N) is 1. The topological polar surface area (TPSA) is 24.5 Å². The van der Waals surface area contributed by atoms with E-state index >= 15 is 0 Å². The van der Waals surface area contributed by atoms with Crippen LogP contribution in [0.4, 0.5) is 5.69 Å². The number of anilines is 1. The van der Waals surface area contributed by atoms with Gasteiger partial charge in [-0.05, 0) is 60.5 Å². The number of aryl methyl sites for hydroxylation is 1. The van der Waals surface area contributed by atoms with E-state index in [2.05, 4.69) is 84.1 Å². The Labute approximate surface area is 154 Å². The Morgan fingerprint density at radius 3 is 2.19 bits per heavy atom. The summed E-state index contributed by atoms with van der Waals surface area (Å²) in [5.74, 6) is 0.863. The van der Waals surface area contributed by atoms with Gasteiger partial charge in [0.15, 0.2) is 0 Å². The van der Waals surface area contributed by atoms with Gasteiger partial charge in [-0.3, -0.25) is 10.4 Å². The molecule has 0 spiro atoms. The highest BCUT2D eigenvalue weighted by atomic mass is 16.5. The summed E-state index contributed by atoms with van der Waals surface area (Å²) >= 11 is 0. The molecule has 0 saturated carbocycles. The number of para-hydroxylation sites is 1. The fourth-order valence-electron chi connectivity index (χ4n) is 3.22. The summed E-state index contributed by atoms with van der Waals surface area (Å²) in [6.07, 6.45) is 2.28. The van der Waals surface area contributed by atoms with Gasteiger partial charge in [-0.1, -0.05) is 48.0 Å². The minimum Gasteiger partial charge on any atom is -0.497 e. The molecule has 0 aromatic heterocycles. The lowest BCUT2D eigenvalue weighted by molar-refractivity contribution is 0.415. The van der Waals surface area contributed by atoms with Crippen molar-refractivity contribution in [3.8, 4) is 5.75 Å². The zero-order valence-electron chi connectivity index (χ0n) is 15.0. The number of rotatable bonds is 4. The van der Waals surface area contributed by atoms with Crippen LogP contribution in [0.1, 0.15) is 22.7 Å². The number of nitrogens with zero attached hydrogens (tertiary/aromatic N) is 1. The summed E-state index contributed by atoms with van der Waals surface area (Å²) in [6.45, 7) is 2.12. The van der Waals surface area contributed by atoms with Crippen LogP contribution in [0, 0.1) is 6.92 Å². The van der Waals surface area contributed by atoms with Crippen molar-refractivity contribution < 1.29 is 4.74 Å². The van der Waals surface area contributed by atoms with E-state index in [4.69, 9.17) is 4.74 Å². The molecule has 0 bridgehead atoms. The van der Waals surface area contributed by atoms with Gasteiger partial charge >= 0.3 is 0 Å². The van der Waals surface area contributed by atoms with Crippen molar-refractivity contribution in [2.75, 3.05) is 12.1 Å². The highest BCUT2D eigenvalue weighted by Gasteiger charge is 2.27. The smallest absolute Gasteiger partial charge is 0.118 e. The molecule has 0 saturated heterocycles. The van der Waals surface area contributed by atoms with E-state index in [1.165, 1.54) is 11.1 Å². The Hall–Kier alpha value is -3.20. The third-order valence-electron chi connectivity index (χ3n) is 4.70. The van der Waals surface area contributed by atoms with Crippen molar-refractivity contribution in [3.63, 3.8) is 0 Å². The summed E-state index contributed by atoms with van der Waals surface area (Å²) in [5.41, 5.74) is 9.48. The Bertz CT molecular complexity index is 899. The Kier molecular flexibility index (Phi) is 4.36. The number of methoxy groups -OCH3 is 1. The molecular weight excluding hydrogens is 320 g/mol. The second kappa shape index (κ2) is 6.96. The first-order valence-electron chi connectivity index (χ1n) is 8.78. The summed E-state index contributed by atoms with van der Waals surface area (Å²) in [5, 5.41) is 2.21. The molecule has 130 valence electrons. The molecule has 4 rings (SSSR count). The first kappa shape index (κ1) is 16.3. The standard InChI is InChI=1S/C23H22N2O/c1-17-8-10-19(11-9-17)23-16-22(18-12-14-21(26-2)15-13-18)24-25(23)20-6-4-3-5-7-20/h3-16,23-24H,1-2H3. The zero-order valence-corrected chi connectivity index (χ0v) is 15.0. The van der Waals surface area contributed by atoms with Crippen LogP contribution in [0.2, 0.25) is 0 Å². The van der Waals surface area contributed by atoms with Crippen molar-refractivity contribution in [1.29, 1.82) is 0 Å². The molecule has 26 heavy (non-hydrogen) atoms. The molecule has 1 N–H and O–H groups in total. The van der Waals surface area contributed by atoms with E-state index in [0.29, 0.717) is 0 Å². The fraction of sp³-hybridized carbons (Fsp3) is 0.130. The largest absolute Gasteiger partial charge is 0.497 e. The maximum atomic E-state index is 5.27. The average Bonchev–Trinajstić information content (AvgIpc) is 3.15. The van der Waals surface area contributed by atoms with Crippen LogP contribution in [0.25, 0.3) is 5.70 Å². The summed E-state index contributed by atoms with van der Waals surface area (Å²) < 4.78 is 5.27. The van der Waals surface area contributed by atoms with Gasteiger partial charge in [0.2, 0.25) is 0 Å². The van der Waals surface area contributed by atoms with Gasteiger partial charge in [-0.2, -0.15) is 0 Å². The molecule has 1 aliphatic rings. The zero-order chi connectivity index (χ0) is 17.9. The van der Waals surface area contributed by atoms with Crippen LogP contribution in [0.15, 0.2) is 84.9 Å². The molecule has 0 radical (unpaired) electrons. The number of hydrogen-bond donors (Lipinski definition) is 1. The van der Waals surface area contributed by atoms with Crippen LogP contribution >= 0.6 is 0 Å². The Morgan fingerprint density at radius 1 is 0.846 bits per heavy atom. The predicted octanol–water partition coefficient (Wildman–Crippen LogP) is 5.11. The van der Waals surface area contributed by atoms with E-state index < -0.39 is 0 Å². The first-order valence-corrected chi connectivity index (χ1v) is 8.78. The molecule has 1 heterocycles. The van der Waals surface area contributed by atoms with Gasteiger partial charge in [0.25, 0.3) is 0 Å². The Morgan fingerprint density at radius 2 is 1.54 bits per heavy atom. The third-order valence-corrected chi connectivity index (χ3v) is 4.70. The molecule has 1 atom stereocenters. The van der Waals surface area contributed by atoms with Crippen LogP contribution in [-0.2, 0) is 0 Å². The van der Waals surface area contributed by atoms with Crippen LogP contribution in [0.5, 0.6) is 5.75 Å². The minimum atomic E-state index is 0.134. The van der Waals surface area contributed by atoms with Crippen molar-refractivity contribution >= 4 is 11.4 Å². The lowest BCUT2D eigenvalue weighted by Crippen LogP contribution is -2.33. The van der Waals surface area contributed by atoms with Crippen molar-refractivity contribution in [1.82, 2.24) is 5.43 Å². The van der Waals surface area contributed by atoms with E-state index in [-0.39, 0.29) is 6.04 Å². The maximum Gasteiger partial charge on any atom is 0.118 e. The number of hydrogen-bond acceptors (Lipinski definition) is 3. The van der Waals surface area contributed by atoms with Crippen molar-refractivity contribution in [2.45, 2.75) is 13.0 Å². The molecule has 3 heteroatoms. The second-order valence-corrected chi connectivity index (χ2v) is 6.48. The number of benzene rings is 3. The number of hydrazine groups is 1. The van der Waals surface area contributed by atoms with Gasteiger partial charge in [0.05, 0.1) is 24.5 Å². The van der Waals surface area contributed by atoms with Crippen LogP contribution in [0.3, 0.4) is 0 Å². The number of ether oxygens (including phenoxy) is 1. The fourth-order valence-corrected chi connectivity index (χ4v) is 3.22. The molecule has 0 fully saturated rings. The molecule has 3 aromatic carbocycles. The van der Waals surface area contributed by atoms with E-state index in [1.54, 1.807) is 7.11 Å². The maximum absolute atomic E-state index is 5.27. The second-order valence-electron chi connectivity index (χ2n) is 6.48. The molecule has 3 nitrogen and oxygen atoms in total. The monoisotopic (exact) mass is 342 g/mol. The molecule has 1 aliphatic heterocycles. The summed E-state index contributed by atoms with van der Waals surface area (Å²) in [6, 6.07) is 27.4. The molecule has 3 aromatic rings. The predicted molar refractivity (Wildman–Crippen MR) is 107 cm³/mol. The summed E-state index contributed by atoms with van der Waals surface area (Å²) in [4.78, 5) is 0. The lowest BCUT2D eigenvalue weighted by Gasteiger charge is -2.27. The molecular formula is C23H22N2O. The van der Waals surface area contributed by atoms with Gasteiger partial charge in [0, 0.05) is 0 Å². The van der Waals surface area contributed by atoms with Crippen molar-refractivity contribution in [2.24, 2.45) is 0 Å². The highest BCUT2D eigenvalue weighted by Crippen LogP contribution is 2.35. The SMILES string of the molecule is COc1ccc(C2=CC(c3ccc(C)cc3)N(c3ccccc3)N2)cc1. The van der Waals surface area contributed by atoms with E-state index in [1.807, 2.05) is 18.2 Å². The first-order chi connectivity index (χ1) is 12.7. The highest BCUT2D eigenvalue weighted by molar-refractivity contribution is 5.72. The van der Waals surface area contributed by atoms with Crippen LogP contribution < -0.4 is 15.2 Å². The lowest BCUT2D eigenvalue weighted by atomic mass is 10.0. The average molecular weight is 342 g/mol. The third kappa shape index (κ3) is 3.16. The quantitative estimate of drug-likeness (QED) is 0.713. The minimum absolute atomic E-state index is 0.134. The van der Waals surface area contributed by atoms with E-state index in [0.717, 1.165) is 22.7 Å². The van der Waals surface area contributed by atoms with Gasteiger partial charge in [-0.25, -0.2) is 0 Å². The summed E-state index contributed by atoms with van der Waals surface area (Å²) in [7, 11) is 1.69. The molecule has 0 aliphatic carbocycles. The molecule has 1 unspecified atom stereocenters. The van der Waals surface area contributed by atoms with Crippen molar-refractivity contribution in [3.05, 3.63) is 102 Å². The Balaban J connectivity index is 1.72. The van der Waals surface area contributed by atoms with E-state index in [9.17, 15) is 0 Å².